The fraction of sp³-hybridized carbons (Fsp3) is 0.111. The number of imide groups is 1. The molecule has 2 aromatic carbocycles. The molecule has 27 heavy (non-hydrogen) atoms. The zero-order valence-corrected chi connectivity index (χ0v) is 14.1. The molecule has 138 valence electrons. The van der Waals surface area contributed by atoms with Crippen molar-refractivity contribution in [2.45, 2.75) is 12.3 Å². The van der Waals surface area contributed by atoms with Crippen LogP contribution >= 0.6 is 11.6 Å². The van der Waals surface area contributed by atoms with Crippen molar-refractivity contribution < 1.29 is 27.6 Å². The maximum atomic E-state index is 13.0. The van der Waals surface area contributed by atoms with Crippen molar-refractivity contribution in [2.24, 2.45) is 0 Å². The Labute approximate surface area is 155 Å². The number of halogens is 4. The van der Waals surface area contributed by atoms with Crippen LogP contribution in [0.1, 0.15) is 11.1 Å². The van der Waals surface area contributed by atoms with Crippen LogP contribution < -0.4 is 10.4 Å². The van der Waals surface area contributed by atoms with Gasteiger partial charge in [-0.25, -0.2) is 4.90 Å². The molecule has 0 bridgehead atoms. The quantitative estimate of drug-likeness (QED) is 0.791. The topological polar surface area (TPSA) is 58.6 Å². The van der Waals surface area contributed by atoms with Crippen LogP contribution in [0.4, 0.5) is 18.9 Å². The first kappa shape index (κ1) is 17.6. The average Bonchev–Trinajstić information content (AvgIpc) is 3.16. The lowest BCUT2D eigenvalue weighted by atomic mass is 10.1. The predicted molar refractivity (Wildman–Crippen MR) is 90.3 cm³/mol. The van der Waals surface area contributed by atoms with Gasteiger partial charge in [0.1, 0.15) is 0 Å². The number of anilines is 1. The fourth-order valence-corrected chi connectivity index (χ4v) is 3.12. The molecular weight excluding hydrogens is 385 g/mol. The minimum Gasteiger partial charge on any atom is -0.270 e. The van der Waals surface area contributed by atoms with E-state index in [0.717, 1.165) is 18.2 Å². The molecule has 5 nitrogen and oxygen atoms in total. The Balaban J connectivity index is 1.77. The summed E-state index contributed by atoms with van der Waals surface area (Å²) in [5.41, 5.74) is 2.31. The van der Waals surface area contributed by atoms with Crippen molar-refractivity contribution in [1.82, 2.24) is 5.48 Å². The highest BCUT2D eigenvalue weighted by atomic mass is 35.5. The summed E-state index contributed by atoms with van der Waals surface area (Å²) < 4.78 is 38.9. The molecule has 2 heterocycles. The molecule has 2 aliphatic heterocycles. The highest BCUT2D eigenvalue weighted by Gasteiger charge is 2.50. The van der Waals surface area contributed by atoms with E-state index in [-0.39, 0.29) is 17.0 Å². The smallest absolute Gasteiger partial charge is 0.270 e. The molecule has 0 radical (unpaired) electrons. The summed E-state index contributed by atoms with van der Waals surface area (Å²) >= 11 is 5.85. The molecule has 1 atom stereocenters. The van der Waals surface area contributed by atoms with Crippen molar-refractivity contribution in [1.29, 1.82) is 0 Å². The number of carbonyl (C=O) groups excluding carboxylic acids is 2. The Morgan fingerprint density at radius 1 is 1.07 bits per heavy atom. The first-order valence-electron chi connectivity index (χ1n) is 7.74. The monoisotopic (exact) mass is 394 g/mol. The second kappa shape index (κ2) is 6.11. The SMILES string of the molecule is O=C1C2=C(c3ccc(Cl)cc3)NO[C@H]2C(=O)N1c1cccc(C(F)(F)F)c1. The molecule has 1 fully saturated rings. The zero-order valence-electron chi connectivity index (χ0n) is 13.4. The summed E-state index contributed by atoms with van der Waals surface area (Å²) in [6.07, 6.45) is -5.82. The second-order valence-electron chi connectivity index (χ2n) is 5.92. The van der Waals surface area contributed by atoms with Gasteiger partial charge >= 0.3 is 6.18 Å². The van der Waals surface area contributed by atoms with Crippen LogP contribution in [-0.2, 0) is 20.6 Å². The van der Waals surface area contributed by atoms with Gasteiger partial charge in [0.05, 0.1) is 22.5 Å². The van der Waals surface area contributed by atoms with Gasteiger partial charge in [-0.3, -0.25) is 19.9 Å². The van der Waals surface area contributed by atoms with E-state index in [1.54, 1.807) is 24.3 Å². The van der Waals surface area contributed by atoms with E-state index < -0.39 is 29.7 Å². The van der Waals surface area contributed by atoms with Crippen LogP contribution in [0.15, 0.2) is 54.1 Å². The van der Waals surface area contributed by atoms with Crippen LogP contribution in [0.25, 0.3) is 5.70 Å². The van der Waals surface area contributed by atoms with Gasteiger partial charge < -0.3 is 0 Å². The van der Waals surface area contributed by atoms with Crippen LogP contribution in [0, 0.1) is 0 Å². The lowest BCUT2D eigenvalue weighted by Gasteiger charge is -2.17. The van der Waals surface area contributed by atoms with Crippen molar-refractivity contribution in [3.8, 4) is 0 Å². The maximum Gasteiger partial charge on any atom is 0.416 e. The molecule has 0 aliphatic carbocycles. The van der Waals surface area contributed by atoms with Crippen molar-refractivity contribution in [3.05, 3.63) is 70.3 Å². The summed E-state index contributed by atoms with van der Waals surface area (Å²) in [5.74, 6) is -1.50. The lowest BCUT2D eigenvalue weighted by molar-refractivity contribution is -0.137. The van der Waals surface area contributed by atoms with Crippen molar-refractivity contribution in [3.63, 3.8) is 0 Å². The van der Waals surface area contributed by atoms with E-state index in [4.69, 9.17) is 16.4 Å². The fourth-order valence-electron chi connectivity index (χ4n) is 2.99. The normalized spacial score (nSPS) is 19.6. The molecule has 1 saturated heterocycles. The summed E-state index contributed by atoms with van der Waals surface area (Å²) in [6.45, 7) is 0. The number of benzene rings is 2. The Morgan fingerprint density at radius 2 is 1.78 bits per heavy atom. The number of hydrogen-bond donors (Lipinski definition) is 1. The second-order valence-corrected chi connectivity index (χ2v) is 6.36. The third-order valence-corrected chi connectivity index (χ3v) is 4.51. The van der Waals surface area contributed by atoms with Gasteiger partial charge in [0.15, 0.2) is 6.10 Å². The molecule has 4 rings (SSSR count). The minimum atomic E-state index is -4.59. The minimum absolute atomic E-state index is 0.0414. The number of hydroxylamine groups is 1. The largest absolute Gasteiger partial charge is 0.416 e. The molecule has 0 spiro atoms. The number of nitrogens with zero attached hydrogens (tertiary/aromatic N) is 1. The first-order chi connectivity index (χ1) is 12.8. The number of hydrogen-bond acceptors (Lipinski definition) is 4. The standard InChI is InChI=1S/C18H10ClF3N2O3/c19-11-6-4-9(5-7-11)14-13-15(27-23-14)17(26)24(16(13)25)12-3-1-2-10(8-12)18(20,21)22/h1-8,15,23H/t15-/m1/s1. The van der Waals surface area contributed by atoms with Crippen LogP contribution in [0.3, 0.4) is 0 Å². The van der Waals surface area contributed by atoms with Gasteiger partial charge in [-0.1, -0.05) is 29.8 Å². The first-order valence-corrected chi connectivity index (χ1v) is 8.12. The molecule has 0 aromatic heterocycles. The molecule has 2 amide bonds. The van der Waals surface area contributed by atoms with E-state index in [2.05, 4.69) is 5.48 Å². The third kappa shape index (κ3) is 2.87. The van der Waals surface area contributed by atoms with Crippen molar-refractivity contribution >= 4 is 34.8 Å². The Morgan fingerprint density at radius 3 is 2.44 bits per heavy atom. The summed E-state index contributed by atoms with van der Waals surface area (Å²) in [5, 5.41) is 0.485. The molecule has 0 unspecified atom stereocenters. The number of nitrogens with one attached hydrogen (secondary N) is 1. The average molecular weight is 395 g/mol. The zero-order chi connectivity index (χ0) is 19.3. The predicted octanol–water partition coefficient (Wildman–Crippen LogP) is 3.55. The highest BCUT2D eigenvalue weighted by Crippen LogP contribution is 2.38. The van der Waals surface area contributed by atoms with E-state index in [0.29, 0.717) is 15.5 Å². The van der Waals surface area contributed by atoms with Crippen LogP contribution in [-0.4, -0.2) is 17.9 Å². The maximum absolute atomic E-state index is 13.0. The number of rotatable bonds is 2. The Bertz CT molecular complexity index is 986. The van der Waals surface area contributed by atoms with Crippen molar-refractivity contribution in [2.75, 3.05) is 4.90 Å². The van der Waals surface area contributed by atoms with E-state index in [1.165, 1.54) is 6.07 Å². The van der Waals surface area contributed by atoms with Gasteiger partial charge in [0.25, 0.3) is 11.8 Å². The highest BCUT2D eigenvalue weighted by molar-refractivity contribution is 6.33. The number of carbonyl (C=O) groups is 2. The molecule has 2 aromatic rings. The summed E-state index contributed by atoms with van der Waals surface area (Å²) in [6, 6.07) is 10.5. The Hall–Kier alpha value is -2.84. The molecule has 1 N–H and O–H groups in total. The Kier molecular flexibility index (Phi) is 3.97. The van der Waals surface area contributed by atoms with Gasteiger partial charge in [-0.15, -0.1) is 0 Å². The molecule has 2 aliphatic rings. The molecule has 9 heteroatoms. The summed E-state index contributed by atoms with van der Waals surface area (Å²) in [4.78, 5) is 31.3. The number of alkyl halides is 3. The van der Waals surface area contributed by atoms with Crippen LogP contribution in [0.2, 0.25) is 5.02 Å². The van der Waals surface area contributed by atoms with E-state index in [1.807, 2.05) is 0 Å². The van der Waals surface area contributed by atoms with E-state index >= 15 is 0 Å². The molecular formula is C18H10ClF3N2O3. The molecule has 0 saturated carbocycles. The third-order valence-electron chi connectivity index (χ3n) is 4.25. The van der Waals surface area contributed by atoms with Gasteiger partial charge in [0, 0.05) is 10.6 Å². The lowest BCUT2D eigenvalue weighted by Crippen LogP contribution is -2.34. The van der Waals surface area contributed by atoms with Crippen LogP contribution in [0.5, 0.6) is 0 Å². The van der Waals surface area contributed by atoms with Gasteiger partial charge in [-0.05, 0) is 30.3 Å². The van der Waals surface area contributed by atoms with Gasteiger partial charge in [-0.2, -0.15) is 13.2 Å². The van der Waals surface area contributed by atoms with Gasteiger partial charge in [0.2, 0.25) is 0 Å². The number of amides is 2. The summed E-state index contributed by atoms with van der Waals surface area (Å²) in [7, 11) is 0. The van der Waals surface area contributed by atoms with E-state index in [9.17, 15) is 22.8 Å². The number of fused-ring (bicyclic) bond motifs is 1.